The molecule has 0 bridgehead atoms. The third kappa shape index (κ3) is 4.61. The fourth-order valence-corrected chi connectivity index (χ4v) is 3.99. The van der Waals surface area contributed by atoms with Crippen molar-refractivity contribution in [2.45, 2.75) is 12.5 Å². The van der Waals surface area contributed by atoms with Gasteiger partial charge in [0, 0.05) is 17.7 Å². The fraction of sp³-hybridized carbons (Fsp3) is 0.182. The summed E-state index contributed by atoms with van der Waals surface area (Å²) in [6.45, 7) is 0. The number of nitrogens with one attached hydrogen (secondary N) is 1. The maximum atomic E-state index is 13.3. The van der Waals surface area contributed by atoms with Crippen molar-refractivity contribution in [3.05, 3.63) is 83.8 Å². The Hall–Kier alpha value is -3.59. The highest BCUT2D eigenvalue weighted by atomic mass is 32.2. The monoisotopic (exact) mass is 439 g/mol. The van der Waals surface area contributed by atoms with Crippen LogP contribution in [-0.4, -0.2) is 38.4 Å². The fourth-order valence-electron chi connectivity index (χ4n) is 3.44. The minimum Gasteiger partial charge on any atom is -0.497 e. The van der Waals surface area contributed by atoms with Gasteiger partial charge in [0.25, 0.3) is 5.91 Å². The van der Waals surface area contributed by atoms with Crippen LogP contribution in [0.4, 0.5) is 5.69 Å². The van der Waals surface area contributed by atoms with Crippen LogP contribution in [-0.2, 0) is 10.0 Å². The highest BCUT2D eigenvalue weighted by molar-refractivity contribution is 7.92. The quantitative estimate of drug-likeness (QED) is 0.632. The summed E-state index contributed by atoms with van der Waals surface area (Å²) in [5, 5.41) is 5.99. The number of amides is 1. The molecule has 160 valence electrons. The number of rotatable bonds is 6. The maximum absolute atomic E-state index is 13.3. The predicted molar refractivity (Wildman–Crippen MR) is 117 cm³/mol. The van der Waals surface area contributed by atoms with Crippen LogP contribution in [0.5, 0.6) is 5.75 Å². The average Bonchev–Trinajstić information content (AvgIpc) is 3.42. The SMILES string of the molecule is COc1cccc(C(=O)N2N=C(c3cccc(NS(C)(=O)=O)c3)CC2c2ccco2)c1. The lowest BCUT2D eigenvalue weighted by Gasteiger charge is -2.20. The Morgan fingerprint density at radius 2 is 1.97 bits per heavy atom. The van der Waals surface area contributed by atoms with E-state index in [1.165, 1.54) is 5.01 Å². The van der Waals surface area contributed by atoms with E-state index in [-0.39, 0.29) is 5.91 Å². The summed E-state index contributed by atoms with van der Waals surface area (Å²) in [5.41, 5.74) is 2.23. The summed E-state index contributed by atoms with van der Waals surface area (Å²) in [5.74, 6) is 0.893. The van der Waals surface area contributed by atoms with Crippen LogP contribution in [0.1, 0.15) is 34.1 Å². The third-order valence-corrected chi connectivity index (χ3v) is 5.41. The van der Waals surface area contributed by atoms with Gasteiger partial charge in [-0.2, -0.15) is 5.10 Å². The molecule has 1 amide bonds. The number of methoxy groups -OCH3 is 1. The van der Waals surface area contributed by atoms with Gasteiger partial charge in [-0.25, -0.2) is 13.4 Å². The summed E-state index contributed by atoms with van der Waals surface area (Å²) < 4.78 is 36.4. The van der Waals surface area contributed by atoms with E-state index in [1.54, 1.807) is 68.0 Å². The van der Waals surface area contributed by atoms with E-state index in [9.17, 15) is 13.2 Å². The van der Waals surface area contributed by atoms with Crippen LogP contribution in [0.25, 0.3) is 0 Å². The summed E-state index contributed by atoms with van der Waals surface area (Å²) >= 11 is 0. The highest BCUT2D eigenvalue weighted by Crippen LogP contribution is 2.35. The van der Waals surface area contributed by atoms with Crippen molar-refractivity contribution < 1.29 is 22.4 Å². The zero-order valence-electron chi connectivity index (χ0n) is 17.0. The Morgan fingerprint density at radius 1 is 1.16 bits per heavy atom. The minimum absolute atomic E-state index is 0.291. The van der Waals surface area contributed by atoms with Gasteiger partial charge in [-0.15, -0.1) is 0 Å². The van der Waals surface area contributed by atoms with Gasteiger partial charge in [0.05, 0.1) is 25.3 Å². The van der Waals surface area contributed by atoms with E-state index in [1.807, 2.05) is 6.07 Å². The normalized spacial score (nSPS) is 16.1. The lowest BCUT2D eigenvalue weighted by molar-refractivity contribution is 0.0692. The van der Waals surface area contributed by atoms with E-state index in [0.717, 1.165) is 6.26 Å². The molecular formula is C22H21N3O5S. The molecule has 0 radical (unpaired) electrons. The van der Waals surface area contributed by atoms with Crippen molar-refractivity contribution in [2.24, 2.45) is 5.10 Å². The van der Waals surface area contributed by atoms with Gasteiger partial charge in [-0.1, -0.05) is 18.2 Å². The first-order chi connectivity index (χ1) is 14.8. The molecule has 4 rings (SSSR count). The minimum atomic E-state index is -3.41. The van der Waals surface area contributed by atoms with Gasteiger partial charge < -0.3 is 9.15 Å². The third-order valence-electron chi connectivity index (χ3n) is 4.81. The number of sulfonamides is 1. The van der Waals surface area contributed by atoms with Crippen molar-refractivity contribution in [2.75, 3.05) is 18.1 Å². The molecule has 1 aromatic heterocycles. The van der Waals surface area contributed by atoms with Crippen LogP contribution >= 0.6 is 0 Å². The number of ether oxygens (including phenoxy) is 1. The molecule has 0 aliphatic carbocycles. The van der Waals surface area contributed by atoms with E-state index in [2.05, 4.69) is 9.82 Å². The number of nitrogens with zero attached hydrogens (tertiary/aromatic N) is 2. The molecule has 1 N–H and O–H groups in total. The second-order valence-corrected chi connectivity index (χ2v) is 8.87. The molecule has 1 atom stereocenters. The Bertz CT molecular complexity index is 1240. The Balaban J connectivity index is 1.70. The van der Waals surface area contributed by atoms with Gasteiger partial charge in [0.2, 0.25) is 10.0 Å². The molecule has 0 saturated heterocycles. The molecular weight excluding hydrogens is 418 g/mol. The van der Waals surface area contributed by atoms with Crippen molar-refractivity contribution in [3.63, 3.8) is 0 Å². The van der Waals surface area contributed by atoms with Gasteiger partial charge in [-0.05, 0) is 48.0 Å². The molecule has 1 aliphatic rings. The van der Waals surface area contributed by atoms with Crippen molar-refractivity contribution in [3.8, 4) is 5.75 Å². The number of benzene rings is 2. The molecule has 0 fully saturated rings. The topological polar surface area (TPSA) is 101 Å². The van der Waals surface area contributed by atoms with E-state index < -0.39 is 16.1 Å². The molecule has 1 aliphatic heterocycles. The van der Waals surface area contributed by atoms with E-state index in [4.69, 9.17) is 9.15 Å². The molecule has 1 unspecified atom stereocenters. The molecule has 3 aromatic rings. The molecule has 31 heavy (non-hydrogen) atoms. The van der Waals surface area contributed by atoms with Crippen molar-refractivity contribution >= 4 is 27.3 Å². The lowest BCUT2D eigenvalue weighted by Crippen LogP contribution is -2.26. The Labute approximate surface area is 180 Å². The highest BCUT2D eigenvalue weighted by Gasteiger charge is 2.35. The Kier molecular flexibility index (Phi) is 5.51. The molecule has 0 saturated carbocycles. The first kappa shape index (κ1) is 20.7. The summed E-state index contributed by atoms with van der Waals surface area (Å²) in [4.78, 5) is 13.3. The number of anilines is 1. The number of hydrogen-bond donors (Lipinski definition) is 1. The number of furan rings is 1. The van der Waals surface area contributed by atoms with Crippen LogP contribution in [0.15, 0.2) is 76.4 Å². The number of carbonyl (C=O) groups excluding carboxylic acids is 1. The number of carbonyl (C=O) groups is 1. The van der Waals surface area contributed by atoms with Crippen molar-refractivity contribution in [1.29, 1.82) is 0 Å². The first-order valence-corrected chi connectivity index (χ1v) is 11.4. The zero-order chi connectivity index (χ0) is 22.0. The summed E-state index contributed by atoms with van der Waals surface area (Å²) in [6.07, 6.45) is 3.07. The number of hydrogen-bond acceptors (Lipinski definition) is 6. The van der Waals surface area contributed by atoms with Gasteiger partial charge in [0.15, 0.2) is 0 Å². The second-order valence-electron chi connectivity index (χ2n) is 7.12. The average molecular weight is 439 g/mol. The standard InChI is InChI=1S/C22H21N3O5S/c1-29-18-9-4-7-16(13-18)22(26)25-20(21-10-5-11-30-21)14-19(23-25)15-6-3-8-17(12-15)24-31(2,27)28/h3-13,20,24H,14H2,1-2H3. The molecule has 0 spiro atoms. The molecule has 8 nitrogen and oxygen atoms in total. The van der Waals surface area contributed by atoms with E-state index >= 15 is 0 Å². The number of hydrazone groups is 1. The first-order valence-electron chi connectivity index (χ1n) is 9.51. The summed E-state index contributed by atoms with van der Waals surface area (Å²) in [6, 6.07) is 16.9. The second kappa shape index (κ2) is 8.27. The van der Waals surface area contributed by atoms with Crippen LogP contribution in [0.3, 0.4) is 0 Å². The zero-order valence-corrected chi connectivity index (χ0v) is 17.8. The molecule has 2 heterocycles. The van der Waals surface area contributed by atoms with E-state index in [0.29, 0.717) is 40.5 Å². The maximum Gasteiger partial charge on any atom is 0.274 e. The molecule has 9 heteroatoms. The molecule has 2 aromatic carbocycles. The lowest BCUT2D eigenvalue weighted by atomic mass is 10.0. The van der Waals surface area contributed by atoms with Crippen LogP contribution in [0.2, 0.25) is 0 Å². The van der Waals surface area contributed by atoms with Crippen LogP contribution < -0.4 is 9.46 Å². The van der Waals surface area contributed by atoms with Crippen LogP contribution in [0, 0.1) is 0 Å². The predicted octanol–water partition coefficient (Wildman–Crippen LogP) is 3.65. The smallest absolute Gasteiger partial charge is 0.274 e. The van der Waals surface area contributed by atoms with Gasteiger partial charge in [0.1, 0.15) is 17.6 Å². The largest absolute Gasteiger partial charge is 0.497 e. The Morgan fingerprint density at radius 3 is 2.68 bits per heavy atom. The van der Waals surface area contributed by atoms with Gasteiger partial charge >= 0.3 is 0 Å². The summed E-state index contributed by atoms with van der Waals surface area (Å²) in [7, 11) is -1.87. The van der Waals surface area contributed by atoms with Gasteiger partial charge in [-0.3, -0.25) is 9.52 Å². The van der Waals surface area contributed by atoms with Crippen molar-refractivity contribution in [1.82, 2.24) is 5.01 Å².